The van der Waals surface area contributed by atoms with Crippen molar-refractivity contribution in [3.05, 3.63) is 63.8 Å². The number of nitrogens with zero attached hydrogens (tertiary/aromatic N) is 2. The molecule has 2 aromatic carbocycles. The Morgan fingerprint density at radius 1 is 1.13 bits per heavy atom. The van der Waals surface area contributed by atoms with Crippen LogP contribution >= 0.6 is 11.3 Å². The summed E-state index contributed by atoms with van der Waals surface area (Å²) in [7, 11) is -3.67. The van der Waals surface area contributed by atoms with Crippen molar-refractivity contribution in [1.82, 2.24) is 14.2 Å². The van der Waals surface area contributed by atoms with Gasteiger partial charge in [0.05, 0.1) is 15.1 Å². The van der Waals surface area contributed by atoms with E-state index in [4.69, 9.17) is 0 Å². The number of benzene rings is 2. The van der Waals surface area contributed by atoms with Crippen LogP contribution in [0.25, 0.3) is 10.2 Å². The third-order valence-corrected chi connectivity index (χ3v) is 8.56. The van der Waals surface area contributed by atoms with E-state index in [1.54, 1.807) is 22.8 Å². The van der Waals surface area contributed by atoms with Crippen molar-refractivity contribution in [3.63, 3.8) is 0 Å². The highest BCUT2D eigenvalue weighted by atomic mass is 32.2. The normalized spacial score (nSPS) is 15.9. The molecule has 31 heavy (non-hydrogen) atoms. The van der Waals surface area contributed by atoms with Crippen molar-refractivity contribution < 1.29 is 13.2 Å². The molecule has 1 aromatic heterocycles. The fraction of sp³-hybridized carbons (Fsp3) is 0.364. The Kier molecular flexibility index (Phi) is 6.27. The topological polar surface area (TPSA) is 88.5 Å². The fourth-order valence-electron chi connectivity index (χ4n) is 3.94. The molecule has 3 aromatic rings. The molecular formula is C22H25N3O4S2. The summed E-state index contributed by atoms with van der Waals surface area (Å²) in [4.78, 5) is 24.7. The van der Waals surface area contributed by atoms with Crippen LogP contribution < -0.4 is 10.2 Å². The van der Waals surface area contributed by atoms with Crippen molar-refractivity contribution in [2.24, 2.45) is 5.92 Å². The molecule has 4 rings (SSSR count). The van der Waals surface area contributed by atoms with E-state index in [1.807, 2.05) is 37.3 Å². The maximum absolute atomic E-state index is 13.1. The Labute approximate surface area is 185 Å². The zero-order chi connectivity index (χ0) is 22.0. The molecule has 7 nitrogen and oxygen atoms in total. The van der Waals surface area contributed by atoms with Gasteiger partial charge in [-0.2, -0.15) is 4.31 Å². The van der Waals surface area contributed by atoms with Crippen molar-refractivity contribution in [3.8, 4) is 0 Å². The first kappa shape index (κ1) is 21.7. The van der Waals surface area contributed by atoms with E-state index < -0.39 is 10.0 Å². The number of amides is 1. The van der Waals surface area contributed by atoms with Gasteiger partial charge in [0, 0.05) is 32.1 Å². The van der Waals surface area contributed by atoms with Crippen LogP contribution in [-0.4, -0.2) is 36.3 Å². The van der Waals surface area contributed by atoms with Crippen molar-refractivity contribution in [2.75, 3.05) is 13.1 Å². The van der Waals surface area contributed by atoms with Gasteiger partial charge in [-0.15, -0.1) is 0 Å². The Morgan fingerprint density at radius 2 is 1.84 bits per heavy atom. The summed E-state index contributed by atoms with van der Waals surface area (Å²) < 4.78 is 30.0. The van der Waals surface area contributed by atoms with Crippen LogP contribution in [0.2, 0.25) is 0 Å². The first-order chi connectivity index (χ1) is 14.9. The van der Waals surface area contributed by atoms with E-state index >= 15 is 0 Å². The minimum Gasteiger partial charge on any atom is -0.352 e. The molecule has 9 heteroatoms. The number of carbonyl (C=O) groups is 1. The molecule has 1 N–H and O–H groups in total. The van der Waals surface area contributed by atoms with Crippen LogP contribution in [0.1, 0.15) is 25.3 Å². The zero-order valence-electron chi connectivity index (χ0n) is 17.3. The monoisotopic (exact) mass is 459 g/mol. The SMILES string of the molecule is CCn1c(=O)sc2cc(S(=O)(=O)N3CCC(C(=O)NCc4ccccc4)CC3)ccc21. The molecule has 0 atom stereocenters. The Hall–Kier alpha value is -2.49. The van der Waals surface area contributed by atoms with Crippen molar-refractivity contribution in [2.45, 2.75) is 37.8 Å². The minimum atomic E-state index is -3.67. The fourth-order valence-corrected chi connectivity index (χ4v) is 6.51. The summed E-state index contributed by atoms with van der Waals surface area (Å²) in [5, 5.41) is 2.95. The van der Waals surface area contributed by atoms with Gasteiger partial charge in [-0.05, 0) is 43.5 Å². The van der Waals surface area contributed by atoms with Crippen LogP contribution in [0.3, 0.4) is 0 Å². The molecular weight excluding hydrogens is 434 g/mol. The van der Waals surface area contributed by atoms with Gasteiger partial charge in [0.25, 0.3) is 0 Å². The van der Waals surface area contributed by atoms with Crippen LogP contribution in [0.15, 0.2) is 58.2 Å². The summed E-state index contributed by atoms with van der Waals surface area (Å²) in [5.74, 6) is -0.227. The summed E-state index contributed by atoms with van der Waals surface area (Å²) in [5.41, 5.74) is 1.79. The third kappa shape index (κ3) is 4.44. The Bertz CT molecular complexity index is 1240. The molecule has 2 heterocycles. The number of carbonyl (C=O) groups excluding carboxylic acids is 1. The molecule has 0 saturated carbocycles. The first-order valence-corrected chi connectivity index (χ1v) is 12.6. The molecule has 0 aliphatic carbocycles. The first-order valence-electron chi connectivity index (χ1n) is 10.4. The van der Waals surface area contributed by atoms with Crippen LogP contribution in [0.4, 0.5) is 0 Å². The van der Waals surface area contributed by atoms with Crippen LogP contribution in [-0.2, 0) is 27.9 Å². The smallest absolute Gasteiger partial charge is 0.308 e. The highest BCUT2D eigenvalue weighted by molar-refractivity contribution is 7.89. The molecule has 0 radical (unpaired) electrons. The number of aryl methyl sites for hydroxylation is 1. The number of thiazole rings is 1. The summed E-state index contributed by atoms with van der Waals surface area (Å²) in [6.45, 7) is 3.51. The standard InChI is InChI=1S/C22H25N3O4S2/c1-2-25-19-9-8-18(14-20(19)30-22(25)27)31(28,29)24-12-10-17(11-13-24)21(26)23-15-16-6-4-3-5-7-16/h3-9,14,17H,2,10-13,15H2,1H3,(H,23,26). The average molecular weight is 460 g/mol. The zero-order valence-corrected chi connectivity index (χ0v) is 18.9. The molecule has 1 fully saturated rings. The molecule has 1 aliphatic heterocycles. The van der Waals surface area contributed by atoms with Gasteiger partial charge >= 0.3 is 4.87 Å². The number of rotatable bonds is 6. The lowest BCUT2D eigenvalue weighted by atomic mass is 9.97. The van der Waals surface area contributed by atoms with Gasteiger partial charge in [-0.3, -0.25) is 14.2 Å². The second-order valence-corrected chi connectivity index (χ2v) is 10.6. The van der Waals surface area contributed by atoms with Crippen LogP contribution in [0.5, 0.6) is 0 Å². The highest BCUT2D eigenvalue weighted by Gasteiger charge is 2.32. The summed E-state index contributed by atoms with van der Waals surface area (Å²) in [6.07, 6.45) is 0.975. The third-order valence-electron chi connectivity index (χ3n) is 5.73. The van der Waals surface area contributed by atoms with E-state index in [0.29, 0.717) is 43.7 Å². The lowest BCUT2D eigenvalue weighted by Gasteiger charge is -2.30. The number of hydrogen-bond donors (Lipinski definition) is 1. The Morgan fingerprint density at radius 3 is 2.52 bits per heavy atom. The highest BCUT2D eigenvalue weighted by Crippen LogP contribution is 2.27. The molecule has 1 aliphatic rings. The molecule has 1 amide bonds. The quantitative estimate of drug-likeness (QED) is 0.614. The lowest BCUT2D eigenvalue weighted by Crippen LogP contribution is -2.42. The molecule has 0 spiro atoms. The second-order valence-electron chi connectivity index (χ2n) is 7.62. The molecule has 164 valence electrons. The van der Waals surface area contributed by atoms with Crippen molar-refractivity contribution >= 4 is 37.5 Å². The van der Waals surface area contributed by atoms with E-state index in [9.17, 15) is 18.0 Å². The maximum Gasteiger partial charge on any atom is 0.308 e. The van der Waals surface area contributed by atoms with E-state index in [0.717, 1.165) is 22.4 Å². The van der Waals surface area contributed by atoms with Crippen molar-refractivity contribution in [1.29, 1.82) is 0 Å². The molecule has 0 unspecified atom stereocenters. The van der Waals surface area contributed by atoms with Gasteiger partial charge in [-0.25, -0.2) is 8.42 Å². The van der Waals surface area contributed by atoms with Gasteiger partial charge in [-0.1, -0.05) is 41.7 Å². The largest absolute Gasteiger partial charge is 0.352 e. The van der Waals surface area contributed by atoms with E-state index in [1.165, 1.54) is 4.31 Å². The van der Waals surface area contributed by atoms with Gasteiger partial charge < -0.3 is 5.32 Å². The van der Waals surface area contributed by atoms with Crippen LogP contribution in [0, 0.1) is 5.92 Å². The van der Waals surface area contributed by atoms with E-state index in [2.05, 4.69) is 5.32 Å². The second kappa shape index (κ2) is 8.94. The van der Waals surface area contributed by atoms with Gasteiger partial charge in [0.2, 0.25) is 15.9 Å². The Balaban J connectivity index is 1.41. The number of nitrogens with one attached hydrogen (secondary N) is 1. The number of aromatic nitrogens is 1. The predicted octanol–water partition coefficient (Wildman–Crippen LogP) is 2.80. The summed E-state index contributed by atoms with van der Waals surface area (Å²) in [6, 6.07) is 14.5. The number of fused-ring (bicyclic) bond motifs is 1. The minimum absolute atomic E-state index is 0.0343. The molecule has 0 bridgehead atoms. The summed E-state index contributed by atoms with van der Waals surface area (Å²) >= 11 is 1.06. The molecule has 1 saturated heterocycles. The average Bonchev–Trinajstić information content (AvgIpc) is 3.12. The number of hydrogen-bond acceptors (Lipinski definition) is 5. The number of sulfonamides is 1. The lowest BCUT2D eigenvalue weighted by molar-refractivity contribution is -0.126. The maximum atomic E-state index is 13.1. The van der Waals surface area contributed by atoms with Gasteiger partial charge in [0.15, 0.2) is 0 Å². The van der Waals surface area contributed by atoms with Gasteiger partial charge in [0.1, 0.15) is 0 Å². The number of piperidine rings is 1. The predicted molar refractivity (Wildman–Crippen MR) is 122 cm³/mol. The van der Waals surface area contributed by atoms with E-state index in [-0.39, 0.29) is 21.6 Å².